The van der Waals surface area contributed by atoms with Gasteiger partial charge in [-0.1, -0.05) is 24.3 Å². The number of halogens is 4. The highest BCUT2D eigenvalue weighted by atomic mass is 32.2. The van der Waals surface area contributed by atoms with Crippen LogP contribution < -0.4 is 4.72 Å². The fraction of sp³-hybridized carbons (Fsp3) is 0.533. The van der Waals surface area contributed by atoms with Crippen LogP contribution in [0, 0.1) is 0 Å². The van der Waals surface area contributed by atoms with Crippen LogP contribution in [0.3, 0.4) is 0 Å². The Kier molecular flexibility index (Phi) is 4.45. The van der Waals surface area contributed by atoms with E-state index in [1.54, 1.807) is 4.72 Å². The van der Waals surface area contributed by atoms with Gasteiger partial charge < -0.3 is 0 Å². The van der Waals surface area contributed by atoms with Gasteiger partial charge in [-0.3, -0.25) is 4.79 Å². The van der Waals surface area contributed by atoms with Crippen molar-refractivity contribution in [1.82, 2.24) is 4.72 Å². The van der Waals surface area contributed by atoms with Crippen molar-refractivity contribution in [2.75, 3.05) is 0 Å². The molecular weight excluding hydrogens is 334 g/mol. The minimum Gasteiger partial charge on any atom is -0.290 e. The van der Waals surface area contributed by atoms with Gasteiger partial charge in [0.15, 0.2) is 6.04 Å². The lowest BCUT2D eigenvalue weighted by Gasteiger charge is -2.33. The Hall–Kier alpha value is -1.28. The number of hydrogen-bond acceptors (Lipinski definition) is 2. The Labute approximate surface area is 134 Å². The summed E-state index contributed by atoms with van der Waals surface area (Å²) in [5.41, 5.74) is -3.05. The van der Waals surface area contributed by atoms with E-state index in [1.807, 2.05) is 0 Å². The lowest BCUT2D eigenvalue weighted by atomic mass is 9.92. The maximum absolute atomic E-state index is 15.1. The summed E-state index contributed by atoms with van der Waals surface area (Å²) in [6.45, 7) is 4.37. The zero-order valence-electron chi connectivity index (χ0n) is 12.8. The molecule has 1 N–H and O–H groups in total. The van der Waals surface area contributed by atoms with Crippen molar-refractivity contribution >= 4 is 16.8 Å². The van der Waals surface area contributed by atoms with Crippen LogP contribution in [0.25, 0.3) is 0 Å². The van der Waals surface area contributed by atoms with Gasteiger partial charge in [-0.25, -0.2) is 13.3 Å². The van der Waals surface area contributed by atoms with Gasteiger partial charge in [0.25, 0.3) is 0 Å². The predicted octanol–water partition coefficient (Wildman–Crippen LogP) is 3.12. The van der Waals surface area contributed by atoms with Gasteiger partial charge >= 0.3 is 6.18 Å². The van der Waals surface area contributed by atoms with Crippen molar-refractivity contribution in [3.63, 3.8) is 0 Å². The van der Waals surface area contributed by atoms with E-state index in [9.17, 15) is 22.2 Å². The maximum Gasteiger partial charge on any atom is 0.408 e. The second-order valence-electron chi connectivity index (χ2n) is 6.50. The molecule has 1 aliphatic rings. The third-order valence-electron chi connectivity index (χ3n) is 3.65. The van der Waals surface area contributed by atoms with Crippen molar-refractivity contribution in [3.8, 4) is 0 Å². The molecule has 1 unspecified atom stereocenters. The molecule has 2 rings (SSSR count). The minimum atomic E-state index is -5.06. The summed E-state index contributed by atoms with van der Waals surface area (Å²) in [5, 5.41) is 0. The molecule has 0 aliphatic heterocycles. The number of fused-ring (bicyclic) bond motifs is 1. The van der Waals surface area contributed by atoms with Crippen molar-refractivity contribution < 1.29 is 26.6 Å². The molecule has 3 nitrogen and oxygen atoms in total. The number of rotatable bonds is 3. The molecule has 1 aromatic carbocycles. The smallest absolute Gasteiger partial charge is 0.290 e. The molecule has 0 aromatic heterocycles. The molecule has 0 saturated carbocycles. The average Bonchev–Trinajstić information content (AvgIpc) is 2.66. The molecule has 0 bridgehead atoms. The molecular formula is C15H17F4NO2S. The number of benzene rings is 1. The van der Waals surface area contributed by atoms with Crippen molar-refractivity contribution in [3.05, 3.63) is 35.4 Å². The van der Waals surface area contributed by atoms with E-state index < -0.39 is 45.8 Å². The molecule has 0 saturated heterocycles. The largest absolute Gasteiger partial charge is 0.408 e. The molecule has 0 radical (unpaired) electrons. The lowest BCUT2D eigenvalue weighted by molar-refractivity contribution is -0.174. The minimum absolute atomic E-state index is 0.0624. The molecule has 0 fully saturated rings. The predicted molar refractivity (Wildman–Crippen MR) is 79.2 cm³/mol. The Morgan fingerprint density at radius 2 is 1.78 bits per heavy atom. The summed E-state index contributed by atoms with van der Waals surface area (Å²) in [6, 6.07) is 2.87. The normalized spacial score (nSPS) is 24.4. The van der Waals surface area contributed by atoms with Crippen LogP contribution in [0.5, 0.6) is 0 Å². The Bertz CT molecular complexity index is 654. The highest BCUT2D eigenvalue weighted by Gasteiger charge is 2.62. The SMILES string of the molecule is CC(C)(C)S(=O)N[C@H](C(F)(F)F)[C@@]1(F)Cc2ccccc2C1=O. The second-order valence-corrected chi connectivity index (χ2v) is 8.50. The van der Waals surface area contributed by atoms with Gasteiger partial charge in [0, 0.05) is 12.0 Å². The molecule has 3 atom stereocenters. The van der Waals surface area contributed by atoms with Gasteiger partial charge in [-0.05, 0) is 26.3 Å². The Balaban J connectivity index is 2.42. The second kappa shape index (κ2) is 5.66. The summed E-state index contributed by atoms with van der Waals surface area (Å²) in [6.07, 6.45) is -5.76. The number of carbonyl (C=O) groups is 1. The topological polar surface area (TPSA) is 46.2 Å². The summed E-state index contributed by atoms with van der Waals surface area (Å²) >= 11 is 0. The number of ketones is 1. The molecule has 0 heterocycles. The highest BCUT2D eigenvalue weighted by Crippen LogP contribution is 2.41. The van der Waals surface area contributed by atoms with E-state index >= 15 is 4.39 Å². The lowest BCUT2D eigenvalue weighted by Crippen LogP contribution is -2.61. The van der Waals surface area contributed by atoms with E-state index in [1.165, 1.54) is 45.0 Å². The number of carbonyl (C=O) groups excluding carboxylic acids is 1. The molecule has 0 amide bonds. The van der Waals surface area contributed by atoms with E-state index in [0.29, 0.717) is 0 Å². The quantitative estimate of drug-likeness (QED) is 0.851. The van der Waals surface area contributed by atoms with E-state index in [2.05, 4.69) is 0 Å². The number of Topliss-reactive ketones (excluding diaryl/α,β-unsaturated/α-hetero) is 1. The van der Waals surface area contributed by atoms with Crippen LogP contribution in [0.15, 0.2) is 24.3 Å². The average molecular weight is 351 g/mol. The van der Waals surface area contributed by atoms with Crippen molar-refractivity contribution in [1.29, 1.82) is 0 Å². The monoisotopic (exact) mass is 351 g/mol. The first kappa shape index (κ1) is 18.1. The first-order valence-electron chi connectivity index (χ1n) is 6.94. The first-order valence-corrected chi connectivity index (χ1v) is 8.09. The fourth-order valence-corrected chi connectivity index (χ4v) is 3.30. The number of hydrogen-bond donors (Lipinski definition) is 1. The molecule has 8 heteroatoms. The molecule has 128 valence electrons. The zero-order valence-corrected chi connectivity index (χ0v) is 13.6. The first-order chi connectivity index (χ1) is 10.4. The molecule has 0 spiro atoms. The highest BCUT2D eigenvalue weighted by molar-refractivity contribution is 7.84. The molecule has 1 aliphatic carbocycles. The maximum atomic E-state index is 15.1. The summed E-state index contributed by atoms with van der Waals surface area (Å²) < 4.78 is 68.0. The molecule has 23 heavy (non-hydrogen) atoms. The van der Waals surface area contributed by atoms with Crippen LogP contribution in [-0.2, 0) is 17.4 Å². The van der Waals surface area contributed by atoms with Crippen LogP contribution in [0.4, 0.5) is 17.6 Å². The third-order valence-corrected chi connectivity index (χ3v) is 5.22. The fourth-order valence-electron chi connectivity index (χ4n) is 2.41. The van der Waals surface area contributed by atoms with E-state index in [4.69, 9.17) is 0 Å². The zero-order chi connectivity index (χ0) is 17.6. The van der Waals surface area contributed by atoms with Gasteiger partial charge in [-0.2, -0.15) is 13.2 Å². The van der Waals surface area contributed by atoms with Gasteiger partial charge in [0.1, 0.15) is 0 Å². The van der Waals surface area contributed by atoms with Crippen LogP contribution in [0.2, 0.25) is 0 Å². The van der Waals surface area contributed by atoms with Crippen molar-refractivity contribution in [2.24, 2.45) is 0 Å². The Morgan fingerprint density at radius 1 is 1.22 bits per heavy atom. The van der Waals surface area contributed by atoms with Crippen LogP contribution in [0.1, 0.15) is 36.7 Å². The number of nitrogens with one attached hydrogen (secondary N) is 1. The van der Waals surface area contributed by atoms with Crippen LogP contribution in [-0.4, -0.2) is 32.6 Å². The van der Waals surface area contributed by atoms with Gasteiger partial charge in [-0.15, -0.1) is 0 Å². The van der Waals surface area contributed by atoms with E-state index in [0.717, 1.165) is 0 Å². The van der Waals surface area contributed by atoms with E-state index in [-0.39, 0.29) is 11.1 Å². The van der Waals surface area contributed by atoms with Crippen molar-refractivity contribution in [2.45, 2.75) is 49.8 Å². The van der Waals surface area contributed by atoms with Crippen LogP contribution >= 0.6 is 0 Å². The van der Waals surface area contributed by atoms with Gasteiger partial charge in [0.2, 0.25) is 11.5 Å². The summed E-state index contributed by atoms with van der Waals surface area (Å²) in [7, 11) is -2.18. The summed E-state index contributed by atoms with van der Waals surface area (Å²) in [5.74, 6) is -1.23. The summed E-state index contributed by atoms with van der Waals surface area (Å²) in [4.78, 5) is 12.2. The standard InChI is InChI=1S/C15H17F4NO2S/c1-13(2,3)23(22)20-12(15(17,18)19)14(16)8-9-6-4-5-7-10(9)11(14)21/h4-7,12,20H,8H2,1-3H3/t12-,14+,23?/m0/s1. The third kappa shape index (κ3) is 3.33. The Morgan fingerprint density at radius 3 is 2.26 bits per heavy atom. The van der Waals surface area contributed by atoms with Gasteiger partial charge in [0.05, 0.1) is 15.7 Å². The number of alkyl halides is 4. The molecule has 1 aromatic rings.